The summed E-state index contributed by atoms with van der Waals surface area (Å²) in [5.41, 5.74) is 0.760. The standard InChI is InChI=1S/C14H17NO5/c1-8-10(4-3-5-12(8)17)13(18)15-7-9(16)6-11(15)14(19)20-2/h3-5,9,11,16-17H,6-7H2,1-2H3. The number of esters is 1. The maximum absolute atomic E-state index is 12.5. The smallest absolute Gasteiger partial charge is 0.328 e. The van der Waals surface area contributed by atoms with Gasteiger partial charge in [0, 0.05) is 24.1 Å². The van der Waals surface area contributed by atoms with E-state index < -0.39 is 24.0 Å². The first kappa shape index (κ1) is 14.3. The van der Waals surface area contributed by atoms with Gasteiger partial charge in [-0.25, -0.2) is 4.79 Å². The summed E-state index contributed by atoms with van der Waals surface area (Å²) < 4.78 is 4.66. The van der Waals surface area contributed by atoms with Crippen LogP contribution in [0.15, 0.2) is 18.2 Å². The molecule has 2 atom stereocenters. The minimum Gasteiger partial charge on any atom is -0.508 e. The third-order valence-electron chi connectivity index (χ3n) is 3.55. The van der Waals surface area contributed by atoms with E-state index in [0.717, 1.165) is 0 Å². The first-order chi connectivity index (χ1) is 9.45. The van der Waals surface area contributed by atoms with Crippen molar-refractivity contribution in [3.05, 3.63) is 29.3 Å². The number of ether oxygens (including phenoxy) is 1. The van der Waals surface area contributed by atoms with Gasteiger partial charge in [0.25, 0.3) is 5.91 Å². The first-order valence-electron chi connectivity index (χ1n) is 6.31. The molecule has 20 heavy (non-hydrogen) atoms. The number of aliphatic hydroxyl groups is 1. The third kappa shape index (κ3) is 2.46. The molecule has 0 saturated carbocycles. The molecular formula is C14H17NO5. The summed E-state index contributed by atoms with van der Waals surface area (Å²) in [7, 11) is 1.25. The van der Waals surface area contributed by atoms with Gasteiger partial charge >= 0.3 is 5.97 Å². The van der Waals surface area contributed by atoms with Crippen molar-refractivity contribution in [3.8, 4) is 5.75 Å². The molecule has 1 aliphatic rings. The van der Waals surface area contributed by atoms with Crippen molar-refractivity contribution in [2.75, 3.05) is 13.7 Å². The molecule has 0 bridgehead atoms. The van der Waals surface area contributed by atoms with Gasteiger partial charge in [-0.15, -0.1) is 0 Å². The molecule has 1 heterocycles. The Morgan fingerprint density at radius 2 is 2.10 bits per heavy atom. The molecule has 1 aromatic carbocycles. The van der Waals surface area contributed by atoms with Crippen LogP contribution in [-0.2, 0) is 9.53 Å². The van der Waals surface area contributed by atoms with E-state index in [1.807, 2.05) is 0 Å². The SMILES string of the molecule is COC(=O)C1CC(O)CN1C(=O)c1cccc(O)c1C. The number of hydrogen-bond donors (Lipinski definition) is 2. The van der Waals surface area contributed by atoms with Crippen LogP contribution in [-0.4, -0.2) is 52.8 Å². The zero-order valence-electron chi connectivity index (χ0n) is 11.4. The minimum absolute atomic E-state index is 0.0187. The van der Waals surface area contributed by atoms with Crippen LogP contribution in [0.3, 0.4) is 0 Å². The minimum atomic E-state index is -0.788. The first-order valence-corrected chi connectivity index (χ1v) is 6.31. The Balaban J connectivity index is 2.31. The lowest BCUT2D eigenvalue weighted by Crippen LogP contribution is -2.41. The van der Waals surface area contributed by atoms with E-state index in [1.54, 1.807) is 19.1 Å². The fourth-order valence-corrected chi connectivity index (χ4v) is 2.41. The van der Waals surface area contributed by atoms with Crippen molar-refractivity contribution >= 4 is 11.9 Å². The van der Waals surface area contributed by atoms with Crippen LogP contribution in [0.2, 0.25) is 0 Å². The van der Waals surface area contributed by atoms with Gasteiger partial charge in [0.2, 0.25) is 0 Å². The Labute approximate surface area is 116 Å². The molecule has 2 rings (SSSR count). The Bertz CT molecular complexity index is 542. The van der Waals surface area contributed by atoms with Gasteiger partial charge in [-0.1, -0.05) is 6.07 Å². The fourth-order valence-electron chi connectivity index (χ4n) is 2.41. The average molecular weight is 279 g/mol. The number of hydrogen-bond acceptors (Lipinski definition) is 5. The number of rotatable bonds is 2. The van der Waals surface area contributed by atoms with Crippen LogP contribution in [0.1, 0.15) is 22.3 Å². The molecule has 108 valence electrons. The number of benzene rings is 1. The average Bonchev–Trinajstić information content (AvgIpc) is 2.82. The molecule has 2 unspecified atom stereocenters. The Morgan fingerprint density at radius 3 is 2.75 bits per heavy atom. The molecule has 0 aromatic heterocycles. The van der Waals surface area contributed by atoms with Gasteiger partial charge in [-0.3, -0.25) is 4.79 Å². The second-order valence-corrected chi connectivity index (χ2v) is 4.84. The van der Waals surface area contributed by atoms with Gasteiger partial charge in [-0.2, -0.15) is 0 Å². The maximum Gasteiger partial charge on any atom is 0.328 e. The molecular weight excluding hydrogens is 262 g/mol. The largest absolute Gasteiger partial charge is 0.508 e. The molecule has 6 heteroatoms. The van der Waals surface area contributed by atoms with Crippen molar-refractivity contribution < 1.29 is 24.5 Å². The monoisotopic (exact) mass is 279 g/mol. The maximum atomic E-state index is 12.5. The lowest BCUT2D eigenvalue weighted by Gasteiger charge is -2.23. The van der Waals surface area contributed by atoms with Crippen molar-refractivity contribution in [3.63, 3.8) is 0 Å². The van der Waals surface area contributed by atoms with E-state index in [1.165, 1.54) is 18.1 Å². The molecule has 6 nitrogen and oxygen atoms in total. The molecule has 1 aliphatic heterocycles. The Kier molecular flexibility index (Phi) is 3.94. The molecule has 1 fully saturated rings. The highest BCUT2D eigenvalue weighted by atomic mass is 16.5. The summed E-state index contributed by atoms with van der Waals surface area (Å²) in [6, 6.07) is 3.85. The Morgan fingerprint density at radius 1 is 1.40 bits per heavy atom. The van der Waals surface area contributed by atoms with Gasteiger partial charge < -0.3 is 19.8 Å². The highest BCUT2D eigenvalue weighted by Gasteiger charge is 2.40. The number of carbonyl (C=O) groups is 2. The number of aromatic hydroxyl groups is 1. The number of nitrogens with zero attached hydrogens (tertiary/aromatic N) is 1. The molecule has 2 N–H and O–H groups in total. The summed E-state index contributed by atoms with van der Waals surface area (Å²) in [6.07, 6.45) is -0.586. The number of carbonyl (C=O) groups excluding carboxylic acids is 2. The summed E-state index contributed by atoms with van der Waals surface area (Å²) in [5.74, 6) is -0.928. The van der Waals surface area contributed by atoms with Crippen LogP contribution in [0, 0.1) is 6.92 Å². The number of methoxy groups -OCH3 is 1. The highest BCUT2D eigenvalue weighted by Crippen LogP contribution is 2.26. The van der Waals surface area contributed by atoms with Crippen LogP contribution in [0.25, 0.3) is 0 Å². The normalized spacial score (nSPS) is 21.9. The molecule has 1 saturated heterocycles. The number of amides is 1. The van der Waals surface area contributed by atoms with Crippen molar-refractivity contribution in [2.45, 2.75) is 25.5 Å². The van der Waals surface area contributed by atoms with Crippen LogP contribution in [0.5, 0.6) is 5.75 Å². The van der Waals surface area contributed by atoms with E-state index in [-0.39, 0.29) is 18.7 Å². The number of phenolic OH excluding ortho intramolecular Hbond substituents is 1. The van der Waals surface area contributed by atoms with Crippen molar-refractivity contribution in [1.82, 2.24) is 4.90 Å². The number of β-amino-alcohol motifs (C(OH)–C–C–N with tert-alkyl or cyclic N) is 1. The second kappa shape index (κ2) is 5.50. The molecule has 0 aliphatic carbocycles. The molecule has 0 radical (unpaired) electrons. The predicted molar refractivity (Wildman–Crippen MR) is 70.3 cm³/mol. The summed E-state index contributed by atoms with van der Waals surface area (Å²) in [6.45, 7) is 1.70. The van der Waals surface area contributed by atoms with Gasteiger partial charge in [0.1, 0.15) is 11.8 Å². The third-order valence-corrected chi connectivity index (χ3v) is 3.55. The zero-order valence-corrected chi connectivity index (χ0v) is 11.4. The van der Waals surface area contributed by atoms with Gasteiger partial charge in [-0.05, 0) is 19.1 Å². The van der Waals surface area contributed by atoms with Crippen LogP contribution in [0.4, 0.5) is 0 Å². The lowest BCUT2D eigenvalue weighted by atomic mass is 10.1. The van der Waals surface area contributed by atoms with Crippen molar-refractivity contribution in [1.29, 1.82) is 0 Å². The zero-order chi connectivity index (χ0) is 14.9. The van der Waals surface area contributed by atoms with Crippen LogP contribution >= 0.6 is 0 Å². The number of phenols is 1. The van der Waals surface area contributed by atoms with E-state index >= 15 is 0 Å². The second-order valence-electron chi connectivity index (χ2n) is 4.84. The quantitative estimate of drug-likeness (QED) is 0.767. The van der Waals surface area contributed by atoms with E-state index in [0.29, 0.717) is 11.1 Å². The Hall–Kier alpha value is -2.08. The van der Waals surface area contributed by atoms with Gasteiger partial charge in [0.05, 0.1) is 13.2 Å². The number of aliphatic hydroxyl groups excluding tert-OH is 1. The van der Waals surface area contributed by atoms with Crippen molar-refractivity contribution in [2.24, 2.45) is 0 Å². The van der Waals surface area contributed by atoms with E-state index in [4.69, 9.17) is 0 Å². The summed E-state index contributed by atoms with van der Waals surface area (Å²) in [4.78, 5) is 25.5. The molecule has 1 aromatic rings. The summed E-state index contributed by atoms with van der Waals surface area (Å²) in [5, 5.41) is 19.3. The topological polar surface area (TPSA) is 87.1 Å². The van der Waals surface area contributed by atoms with Gasteiger partial charge in [0.15, 0.2) is 0 Å². The van der Waals surface area contributed by atoms with E-state index in [2.05, 4.69) is 4.74 Å². The molecule has 0 spiro atoms. The fraction of sp³-hybridized carbons (Fsp3) is 0.429. The highest BCUT2D eigenvalue weighted by molar-refractivity contribution is 5.98. The number of likely N-dealkylation sites (tertiary alicyclic amines) is 1. The predicted octanol–water partition coefficient (Wildman–Crippen LogP) is 0.449. The summed E-state index contributed by atoms with van der Waals surface area (Å²) >= 11 is 0. The molecule has 1 amide bonds. The van der Waals surface area contributed by atoms with E-state index in [9.17, 15) is 19.8 Å². The van der Waals surface area contributed by atoms with Crippen LogP contribution < -0.4 is 0 Å². The lowest BCUT2D eigenvalue weighted by molar-refractivity contribution is -0.145.